The average molecular weight is 389 g/mol. The Morgan fingerprint density at radius 2 is 1.62 bits per heavy atom. The molecule has 0 saturated carbocycles. The van der Waals surface area contributed by atoms with E-state index in [4.69, 9.17) is 0 Å². The minimum absolute atomic E-state index is 0.174. The summed E-state index contributed by atoms with van der Waals surface area (Å²) < 4.78 is 0. The number of aryl methyl sites for hydroxylation is 1. The van der Waals surface area contributed by atoms with E-state index in [0.29, 0.717) is 12.1 Å². The molecule has 3 aromatic rings. The number of anilines is 3. The van der Waals surface area contributed by atoms with Crippen molar-refractivity contribution in [1.82, 2.24) is 4.98 Å². The molecule has 0 spiro atoms. The van der Waals surface area contributed by atoms with E-state index >= 15 is 0 Å². The monoisotopic (exact) mass is 388 g/mol. The maximum atomic E-state index is 12.6. The maximum absolute atomic E-state index is 12.6. The quantitative estimate of drug-likeness (QED) is 0.564. The topological polar surface area (TPSA) is 57.3 Å². The van der Waals surface area contributed by atoms with Crippen LogP contribution >= 0.6 is 0 Å². The van der Waals surface area contributed by atoms with E-state index in [-0.39, 0.29) is 5.91 Å². The normalized spacial score (nSPS) is 10.4. The number of pyridine rings is 1. The second kappa shape index (κ2) is 9.73. The summed E-state index contributed by atoms with van der Waals surface area (Å²) in [5, 5.41) is 6.27. The molecule has 0 aliphatic heterocycles. The Morgan fingerprint density at radius 3 is 2.28 bits per heavy atom. The molecule has 0 radical (unpaired) electrons. The first-order chi connectivity index (χ1) is 14.1. The zero-order valence-electron chi connectivity index (χ0n) is 17.3. The Balaban J connectivity index is 1.62. The van der Waals surface area contributed by atoms with Crippen molar-refractivity contribution in [2.75, 3.05) is 28.6 Å². The van der Waals surface area contributed by atoms with Crippen molar-refractivity contribution in [2.45, 2.75) is 27.3 Å². The van der Waals surface area contributed by atoms with Crippen LogP contribution in [0.3, 0.4) is 0 Å². The summed E-state index contributed by atoms with van der Waals surface area (Å²) >= 11 is 0. The van der Waals surface area contributed by atoms with Gasteiger partial charge in [-0.3, -0.25) is 9.78 Å². The lowest BCUT2D eigenvalue weighted by Crippen LogP contribution is -2.21. The van der Waals surface area contributed by atoms with Crippen molar-refractivity contribution in [3.8, 4) is 0 Å². The van der Waals surface area contributed by atoms with Crippen LogP contribution in [0.25, 0.3) is 0 Å². The zero-order valence-corrected chi connectivity index (χ0v) is 17.3. The molecular weight excluding hydrogens is 360 g/mol. The van der Waals surface area contributed by atoms with E-state index in [1.54, 1.807) is 12.4 Å². The van der Waals surface area contributed by atoms with Gasteiger partial charge in [-0.05, 0) is 56.7 Å². The molecule has 2 aromatic carbocycles. The maximum Gasteiger partial charge on any atom is 0.257 e. The van der Waals surface area contributed by atoms with Gasteiger partial charge in [-0.25, -0.2) is 0 Å². The molecule has 3 rings (SSSR count). The van der Waals surface area contributed by atoms with E-state index in [2.05, 4.69) is 65.6 Å². The average Bonchev–Trinajstić information content (AvgIpc) is 2.75. The minimum Gasteiger partial charge on any atom is -0.380 e. The van der Waals surface area contributed by atoms with Crippen LogP contribution in [0, 0.1) is 6.92 Å². The Hall–Kier alpha value is -3.34. The lowest BCUT2D eigenvalue weighted by atomic mass is 10.1. The molecule has 150 valence electrons. The van der Waals surface area contributed by atoms with Crippen molar-refractivity contribution < 1.29 is 4.79 Å². The van der Waals surface area contributed by atoms with Crippen molar-refractivity contribution in [3.05, 3.63) is 83.7 Å². The van der Waals surface area contributed by atoms with Crippen molar-refractivity contribution in [2.24, 2.45) is 0 Å². The summed E-state index contributed by atoms with van der Waals surface area (Å²) in [5.74, 6) is -0.174. The number of rotatable bonds is 8. The molecule has 0 aliphatic rings. The van der Waals surface area contributed by atoms with E-state index < -0.39 is 0 Å². The van der Waals surface area contributed by atoms with Crippen LogP contribution in [0.2, 0.25) is 0 Å². The number of carbonyl (C=O) groups excluding carboxylic acids is 1. The third-order valence-electron chi connectivity index (χ3n) is 4.87. The minimum atomic E-state index is -0.174. The van der Waals surface area contributed by atoms with Gasteiger partial charge in [0.2, 0.25) is 0 Å². The smallest absolute Gasteiger partial charge is 0.257 e. The molecule has 0 saturated heterocycles. The molecule has 0 atom stereocenters. The van der Waals surface area contributed by atoms with Gasteiger partial charge < -0.3 is 15.5 Å². The van der Waals surface area contributed by atoms with Crippen LogP contribution < -0.4 is 15.5 Å². The summed E-state index contributed by atoms with van der Waals surface area (Å²) in [6.07, 6.45) is 3.31. The van der Waals surface area contributed by atoms with Crippen LogP contribution in [-0.2, 0) is 6.54 Å². The first kappa shape index (κ1) is 20.4. The molecule has 1 heterocycles. The number of hydrogen-bond acceptors (Lipinski definition) is 4. The van der Waals surface area contributed by atoms with Gasteiger partial charge in [-0.1, -0.05) is 29.8 Å². The summed E-state index contributed by atoms with van der Waals surface area (Å²) in [4.78, 5) is 19.1. The highest BCUT2D eigenvalue weighted by molar-refractivity contribution is 6.04. The Bertz CT molecular complexity index is 932. The highest BCUT2D eigenvalue weighted by atomic mass is 16.1. The molecule has 5 nitrogen and oxygen atoms in total. The molecule has 0 unspecified atom stereocenters. The zero-order chi connectivity index (χ0) is 20.6. The van der Waals surface area contributed by atoms with Gasteiger partial charge in [0, 0.05) is 43.4 Å². The number of aromatic nitrogens is 1. The molecule has 0 bridgehead atoms. The second-order valence-corrected chi connectivity index (χ2v) is 6.97. The van der Waals surface area contributed by atoms with Crippen LogP contribution in [0.5, 0.6) is 0 Å². The molecule has 0 aliphatic carbocycles. The van der Waals surface area contributed by atoms with Gasteiger partial charge >= 0.3 is 0 Å². The first-order valence-electron chi connectivity index (χ1n) is 10.00. The summed E-state index contributed by atoms with van der Waals surface area (Å²) in [5.41, 5.74) is 5.67. The van der Waals surface area contributed by atoms with Crippen molar-refractivity contribution in [1.29, 1.82) is 0 Å². The Labute approximate surface area is 172 Å². The molecule has 5 heteroatoms. The fourth-order valence-corrected chi connectivity index (χ4v) is 3.12. The van der Waals surface area contributed by atoms with Gasteiger partial charge in [0.15, 0.2) is 0 Å². The molecule has 1 amide bonds. The van der Waals surface area contributed by atoms with Gasteiger partial charge in [-0.15, -0.1) is 0 Å². The second-order valence-electron chi connectivity index (χ2n) is 6.97. The number of benzene rings is 2. The molecular formula is C24H28N4O. The molecule has 29 heavy (non-hydrogen) atoms. The number of nitrogens with one attached hydrogen (secondary N) is 2. The van der Waals surface area contributed by atoms with Gasteiger partial charge in [0.1, 0.15) is 0 Å². The van der Waals surface area contributed by atoms with Gasteiger partial charge in [0.05, 0.1) is 11.3 Å². The van der Waals surface area contributed by atoms with Gasteiger partial charge in [-0.2, -0.15) is 0 Å². The Kier molecular flexibility index (Phi) is 6.85. The lowest BCUT2D eigenvalue weighted by molar-refractivity contribution is 0.102. The molecule has 2 N–H and O–H groups in total. The number of carbonyl (C=O) groups is 1. The van der Waals surface area contributed by atoms with E-state index in [9.17, 15) is 4.79 Å². The number of amides is 1. The van der Waals surface area contributed by atoms with E-state index in [1.165, 1.54) is 11.1 Å². The number of nitrogens with zero attached hydrogens (tertiary/aromatic N) is 2. The molecule has 1 aromatic heterocycles. The lowest BCUT2D eigenvalue weighted by Gasteiger charge is -2.21. The van der Waals surface area contributed by atoms with Crippen LogP contribution in [0.1, 0.15) is 35.3 Å². The largest absolute Gasteiger partial charge is 0.380 e. The van der Waals surface area contributed by atoms with Crippen molar-refractivity contribution >= 4 is 23.0 Å². The van der Waals surface area contributed by atoms with Crippen LogP contribution in [0.4, 0.5) is 17.1 Å². The van der Waals surface area contributed by atoms with Gasteiger partial charge in [0.25, 0.3) is 5.91 Å². The standard InChI is InChI=1S/C24H28N4O/c1-4-28(5-2)23-12-10-21(11-13-23)27-24(29)20-14-22(17-25-16-20)26-15-19-8-6-18(3)7-9-19/h6-14,16-17,26H,4-5,15H2,1-3H3,(H,27,29). The SMILES string of the molecule is CCN(CC)c1ccc(NC(=O)c2cncc(NCc3ccc(C)cc3)c2)cc1. The Morgan fingerprint density at radius 1 is 0.931 bits per heavy atom. The summed E-state index contributed by atoms with van der Waals surface area (Å²) in [6.45, 7) is 8.92. The third kappa shape index (κ3) is 5.57. The van der Waals surface area contributed by atoms with Crippen molar-refractivity contribution in [3.63, 3.8) is 0 Å². The summed E-state index contributed by atoms with van der Waals surface area (Å²) in [6, 6.07) is 18.1. The van der Waals surface area contributed by atoms with E-state index in [0.717, 1.165) is 30.2 Å². The first-order valence-corrected chi connectivity index (χ1v) is 10.00. The van der Waals surface area contributed by atoms with E-state index in [1.807, 2.05) is 30.3 Å². The fraction of sp³-hybridized carbons (Fsp3) is 0.250. The number of hydrogen-bond donors (Lipinski definition) is 2. The highest BCUT2D eigenvalue weighted by Crippen LogP contribution is 2.19. The third-order valence-corrected chi connectivity index (χ3v) is 4.87. The predicted molar refractivity (Wildman–Crippen MR) is 121 cm³/mol. The predicted octanol–water partition coefficient (Wildman–Crippen LogP) is 5.10. The highest BCUT2D eigenvalue weighted by Gasteiger charge is 2.09. The van der Waals surface area contributed by atoms with Crippen LogP contribution in [0.15, 0.2) is 67.0 Å². The fourth-order valence-electron chi connectivity index (χ4n) is 3.12. The summed E-state index contributed by atoms with van der Waals surface area (Å²) in [7, 11) is 0. The molecule has 0 fully saturated rings. The van der Waals surface area contributed by atoms with Crippen LogP contribution in [-0.4, -0.2) is 24.0 Å².